The zero-order chi connectivity index (χ0) is 12.3. The molecule has 2 nitrogen and oxygen atoms in total. The molecule has 1 N–H and O–H groups in total. The maximum atomic E-state index is 5.89. The largest absolute Gasteiger partial charge is 0.308 e. The second-order valence-corrected chi connectivity index (χ2v) is 5.55. The average molecular weight is 267 g/mol. The minimum atomic E-state index is -0.123. The van der Waals surface area contributed by atoms with Crippen LogP contribution in [0.25, 0.3) is 0 Å². The van der Waals surface area contributed by atoms with Crippen LogP contribution in [0.5, 0.6) is 0 Å². The van der Waals surface area contributed by atoms with E-state index in [1.807, 2.05) is 30.8 Å². The summed E-state index contributed by atoms with van der Waals surface area (Å²) in [5, 5.41) is 7.24. The maximum Gasteiger partial charge on any atom is 0.113 e. The number of halogens is 1. The Bertz CT molecular complexity index is 467. The predicted molar refractivity (Wildman–Crippen MR) is 73.7 cm³/mol. The first-order valence-corrected chi connectivity index (χ1v) is 6.73. The summed E-state index contributed by atoms with van der Waals surface area (Å²) in [6, 6.07) is 7.97. The summed E-state index contributed by atoms with van der Waals surface area (Å²) >= 11 is 7.57. The van der Waals surface area contributed by atoms with Crippen molar-refractivity contribution >= 4 is 22.9 Å². The standard InChI is InChI=1S/C13H15ClN2S/c1-13(15-2,12-16-7-8-17-12)9-10-3-5-11(14)6-4-10/h3-8,15H,9H2,1-2H3. The second-order valence-electron chi connectivity index (χ2n) is 4.22. The molecule has 4 heteroatoms. The summed E-state index contributed by atoms with van der Waals surface area (Å²) in [5.74, 6) is 0. The van der Waals surface area contributed by atoms with Crippen LogP contribution in [0.1, 0.15) is 17.5 Å². The number of nitrogens with zero attached hydrogens (tertiary/aromatic N) is 1. The van der Waals surface area contributed by atoms with Crippen molar-refractivity contribution in [2.75, 3.05) is 7.05 Å². The molecule has 0 spiro atoms. The smallest absolute Gasteiger partial charge is 0.113 e. The third kappa shape index (κ3) is 2.86. The lowest BCUT2D eigenvalue weighted by Crippen LogP contribution is -2.38. The van der Waals surface area contributed by atoms with Crippen LogP contribution in [0.2, 0.25) is 5.02 Å². The average Bonchev–Trinajstić information content (AvgIpc) is 2.86. The lowest BCUT2D eigenvalue weighted by atomic mass is 9.93. The molecule has 2 rings (SSSR count). The van der Waals surface area contributed by atoms with E-state index < -0.39 is 0 Å². The second kappa shape index (κ2) is 5.17. The molecular formula is C13H15ClN2S. The van der Waals surface area contributed by atoms with Gasteiger partial charge in [-0.2, -0.15) is 0 Å². The van der Waals surface area contributed by atoms with Crippen molar-refractivity contribution in [3.8, 4) is 0 Å². The third-order valence-corrected chi connectivity index (χ3v) is 4.22. The monoisotopic (exact) mass is 266 g/mol. The summed E-state index contributed by atoms with van der Waals surface area (Å²) in [6.07, 6.45) is 2.74. The molecule has 0 aliphatic rings. The van der Waals surface area contributed by atoms with Gasteiger partial charge in [0.25, 0.3) is 0 Å². The van der Waals surface area contributed by atoms with E-state index in [4.69, 9.17) is 11.6 Å². The molecule has 1 aromatic carbocycles. The normalized spacial score (nSPS) is 14.5. The maximum absolute atomic E-state index is 5.89. The van der Waals surface area contributed by atoms with Crippen molar-refractivity contribution in [1.29, 1.82) is 0 Å². The zero-order valence-corrected chi connectivity index (χ0v) is 11.5. The Hall–Kier alpha value is -0.900. The van der Waals surface area contributed by atoms with Crippen LogP contribution in [0, 0.1) is 0 Å². The van der Waals surface area contributed by atoms with Gasteiger partial charge in [-0.1, -0.05) is 23.7 Å². The van der Waals surface area contributed by atoms with Crippen LogP contribution >= 0.6 is 22.9 Å². The van der Waals surface area contributed by atoms with Crippen LogP contribution in [-0.4, -0.2) is 12.0 Å². The van der Waals surface area contributed by atoms with E-state index in [1.54, 1.807) is 11.3 Å². The molecule has 17 heavy (non-hydrogen) atoms. The van der Waals surface area contributed by atoms with Crippen LogP contribution in [0.15, 0.2) is 35.8 Å². The Labute approximate surface area is 111 Å². The lowest BCUT2D eigenvalue weighted by Gasteiger charge is -2.27. The molecule has 0 amide bonds. The fraction of sp³-hybridized carbons (Fsp3) is 0.308. The fourth-order valence-electron chi connectivity index (χ4n) is 1.78. The van der Waals surface area contributed by atoms with Crippen LogP contribution in [0.4, 0.5) is 0 Å². The van der Waals surface area contributed by atoms with Gasteiger partial charge in [-0.3, -0.25) is 0 Å². The molecule has 0 bridgehead atoms. The molecule has 1 atom stereocenters. The Kier molecular flexibility index (Phi) is 3.82. The highest BCUT2D eigenvalue weighted by Crippen LogP contribution is 2.27. The first-order chi connectivity index (χ1) is 8.14. The number of hydrogen-bond donors (Lipinski definition) is 1. The quantitative estimate of drug-likeness (QED) is 0.917. The van der Waals surface area contributed by atoms with Crippen LogP contribution in [0.3, 0.4) is 0 Å². The van der Waals surface area contributed by atoms with Crippen LogP contribution in [-0.2, 0) is 12.0 Å². The Morgan fingerprint density at radius 3 is 2.59 bits per heavy atom. The van der Waals surface area contributed by atoms with Gasteiger partial charge in [0.15, 0.2) is 0 Å². The Morgan fingerprint density at radius 2 is 2.06 bits per heavy atom. The molecule has 1 heterocycles. The van der Waals surface area contributed by atoms with Crippen molar-refractivity contribution in [1.82, 2.24) is 10.3 Å². The van der Waals surface area contributed by atoms with Gasteiger partial charge in [0, 0.05) is 16.6 Å². The first kappa shape index (κ1) is 12.6. The van der Waals surface area contributed by atoms with Crippen molar-refractivity contribution in [3.63, 3.8) is 0 Å². The molecule has 0 saturated carbocycles. The van der Waals surface area contributed by atoms with Crippen molar-refractivity contribution in [2.45, 2.75) is 18.9 Å². The number of hydrogen-bond acceptors (Lipinski definition) is 3. The number of rotatable bonds is 4. The first-order valence-electron chi connectivity index (χ1n) is 5.47. The van der Waals surface area contributed by atoms with Gasteiger partial charge < -0.3 is 5.32 Å². The number of benzene rings is 1. The molecule has 90 valence electrons. The van der Waals surface area contributed by atoms with E-state index >= 15 is 0 Å². The van der Waals surface area contributed by atoms with E-state index in [-0.39, 0.29) is 5.54 Å². The van der Waals surface area contributed by atoms with Crippen molar-refractivity contribution in [3.05, 3.63) is 51.4 Å². The van der Waals surface area contributed by atoms with Gasteiger partial charge in [0.2, 0.25) is 0 Å². The Morgan fingerprint density at radius 1 is 1.35 bits per heavy atom. The molecule has 0 fully saturated rings. The van der Waals surface area contributed by atoms with Gasteiger partial charge in [0.05, 0.1) is 5.54 Å². The van der Waals surface area contributed by atoms with Crippen molar-refractivity contribution < 1.29 is 0 Å². The van der Waals surface area contributed by atoms with E-state index in [2.05, 4.69) is 29.4 Å². The number of nitrogens with one attached hydrogen (secondary N) is 1. The van der Waals surface area contributed by atoms with Gasteiger partial charge in [-0.05, 0) is 38.1 Å². The van der Waals surface area contributed by atoms with Crippen molar-refractivity contribution in [2.24, 2.45) is 0 Å². The number of aromatic nitrogens is 1. The number of likely N-dealkylation sites (N-methyl/N-ethyl adjacent to an activating group) is 1. The highest BCUT2D eigenvalue weighted by atomic mass is 35.5. The van der Waals surface area contributed by atoms with E-state index in [0.717, 1.165) is 16.5 Å². The zero-order valence-electron chi connectivity index (χ0n) is 9.90. The molecule has 1 aromatic heterocycles. The summed E-state index contributed by atoms with van der Waals surface area (Å²) < 4.78 is 0. The third-order valence-electron chi connectivity index (χ3n) is 2.93. The topological polar surface area (TPSA) is 24.9 Å². The minimum absolute atomic E-state index is 0.123. The molecule has 1 unspecified atom stereocenters. The van der Waals surface area contributed by atoms with E-state index in [9.17, 15) is 0 Å². The van der Waals surface area contributed by atoms with Gasteiger partial charge in [-0.15, -0.1) is 11.3 Å². The molecular weight excluding hydrogens is 252 g/mol. The SMILES string of the molecule is CNC(C)(Cc1ccc(Cl)cc1)c1nccs1. The summed E-state index contributed by atoms with van der Waals surface area (Å²) in [4.78, 5) is 4.40. The van der Waals surface area contributed by atoms with E-state index in [0.29, 0.717) is 0 Å². The molecule has 0 radical (unpaired) electrons. The lowest BCUT2D eigenvalue weighted by molar-refractivity contribution is 0.395. The highest BCUT2D eigenvalue weighted by Gasteiger charge is 2.27. The summed E-state index contributed by atoms with van der Waals surface area (Å²) in [6.45, 7) is 2.17. The van der Waals surface area contributed by atoms with Gasteiger partial charge >= 0.3 is 0 Å². The summed E-state index contributed by atoms with van der Waals surface area (Å²) in [7, 11) is 1.97. The minimum Gasteiger partial charge on any atom is -0.308 e. The molecule has 0 aliphatic carbocycles. The fourth-order valence-corrected chi connectivity index (χ4v) is 2.71. The van der Waals surface area contributed by atoms with Gasteiger partial charge in [-0.25, -0.2) is 4.98 Å². The van der Waals surface area contributed by atoms with Crippen LogP contribution < -0.4 is 5.32 Å². The molecule has 0 aliphatic heterocycles. The Balaban J connectivity index is 2.23. The molecule has 2 aromatic rings. The highest BCUT2D eigenvalue weighted by molar-refractivity contribution is 7.09. The molecule has 0 saturated heterocycles. The summed E-state index contributed by atoms with van der Waals surface area (Å²) in [5.41, 5.74) is 1.13. The number of thiazole rings is 1. The van der Waals surface area contributed by atoms with E-state index in [1.165, 1.54) is 5.56 Å². The predicted octanol–water partition coefficient (Wildman–Crippen LogP) is 3.47. The van der Waals surface area contributed by atoms with Gasteiger partial charge in [0.1, 0.15) is 5.01 Å².